The first kappa shape index (κ1) is 15.0. The topological polar surface area (TPSA) is 37.8 Å². The number of nitrogens with one attached hydrogen (secondary N) is 1. The van der Waals surface area contributed by atoms with Crippen molar-refractivity contribution in [1.29, 1.82) is 0 Å². The van der Waals surface area contributed by atoms with Gasteiger partial charge in [-0.3, -0.25) is 0 Å². The first-order valence-corrected chi connectivity index (χ1v) is 7.79. The summed E-state index contributed by atoms with van der Waals surface area (Å²) in [5.41, 5.74) is 3.33. The zero-order valence-electron chi connectivity index (χ0n) is 12.3. The standard InChI is InChI=1S/C16H21N3S/c1-4-9-17-11-14-7-5-6-8-15(14)20-16-18-12(2)10-13(3)19-16/h5-8,10,17H,4,9,11H2,1-3H3. The second kappa shape index (κ2) is 7.41. The van der Waals surface area contributed by atoms with E-state index in [4.69, 9.17) is 0 Å². The van der Waals surface area contributed by atoms with Crippen molar-refractivity contribution in [3.63, 3.8) is 0 Å². The first-order valence-electron chi connectivity index (χ1n) is 6.98. The van der Waals surface area contributed by atoms with Gasteiger partial charge in [0.1, 0.15) is 0 Å². The van der Waals surface area contributed by atoms with Crippen molar-refractivity contribution in [1.82, 2.24) is 15.3 Å². The van der Waals surface area contributed by atoms with Gasteiger partial charge in [0.05, 0.1) is 0 Å². The highest BCUT2D eigenvalue weighted by Gasteiger charge is 2.06. The molecule has 0 spiro atoms. The van der Waals surface area contributed by atoms with E-state index in [1.165, 1.54) is 10.5 Å². The number of aromatic nitrogens is 2. The van der Waals surface area contributed by atoms with Gasteiger partial charge in [0.15, 0.2) is 5.16 Å². The molecular formula is C16H21N3S. The molecule has 1 heterocycles. The van der Waals surface area contributed by atoms with Crippen molar-refractivity contribution in [3.8, 4) is 0 Å². The van der Waals surface area contributed by atoms with Gasteiger partial charge in [-0.2, -0.15) is 0 Å². The summed E-state index contributed by atoms with van der Waals surface area (Å²) in [5, 5.41) is 4.27. The van der Waals surface area contributed by atoms with Crippen molar-refractivity contribution >= 4 is 11.8 Å². The Kier molecular flexibility index (Phi) is 5.56. The molecule has 0 saturated carbocycles. The Hall–Kier alpha value is -1.39. The number of rotatable bonds is 6. The number of hydrogen-bond donors (Lipinski definition) is 1. The summed E-state index contributed by atoms with van der Waals surface area (Å²) in [6.45, 7) is 8.12. The third-order valence-electron chi connectivity index (χ3n) is 2.88. The second-order valence-corrected chi connectivity index (χ2v) is 5.83. The molecule has 0 amide bonds. The average molecular weight is 287 g/mol. The summed E-state index contributed by atoms with van der Waals surface area (Å²) in [6, 6.07) is 10.4. The van der Waals surface area contributed by atoms with Crippen molar-refractivity contribution in [2.45, 2.75) is 43.8 Å². The summed E-state index contributed by atoms with van der Waals surface area (Å²) >= 11 is 1.64. The molecule has 0 radical (unpaired) electrons. The molecule has 4 heteroatoms. The maximum Gasteiger partial charge on any atom is 0.192 e. The van der Waals surface area contributed by atoms with Gasteiger partial charge in [-0.05, 0) is 56.3 Å². The van der Waals surface area contributed by atoms with E-state index in [-0.39, 0.29) is 0 Å². The van der Waals surface area contributed by atoms with Crippen molar-refractivity contribution in [2.24, 2.45) is 0 Å². The van der Waals surface area contributed by atoms with Crippen LogP contribution in [0.15, 0.2) is 40.4 Å². The van der Waals surface area contributed by atoms with Gasteiger partial charge in [-0.25, -0.2) is 9.97 Å². The molecule has 20 heavy (non-hydrogen) atoms. The number of hydrogen-bond acceptors (Lipinski definition) is 4. The summed E-state index contributed by atoms with van der Waals surface area (Å²) in [7, 11) is 0. The molecule has 106 valence electrons. The molecule has 0 saturated heterocycles. The molecule has 0 unspecified atom stereocenters. The summed E-state index contributed by atoms with van der Waals surface area (Å²) in [6.07, 6.45) is 1.15. The number of nitrogens with zero attached hydrogens (tertiary/aromatic N) is 2. The Bertz CT molecular complexity index is 549. The summed E-state index contributed by atoms with van der Waals surface area (Å²) in [4.78, 5) is 10.2. The van der Waals surface area contributed by atoms with Gasteiger partial charge in [0, 0.05) is 22.8 Å². The minimum Gasteiger partial charge on any atom is -0.313 e. The van der Waals surface area contributed by atoms with E-state index in [0.717, 1.165) is 36.1 Å². The third-order valence-corrected chi connectivity index (χ3v) is 3.86. The molecule has 1 aromatic heterocycles. The quantitative estimate of drug-likeness (QED) is 0.648. The molecule has 2 rings (SSSR count). The van der Waals surface area contributed by atoms with Crippen LogP contribution in [0.25, 0.3) is 0 Å². The van der Waals surface area contributed by atoms with Crippen LogP contribution in [-0.4, -0.2) is 16.5 Å². The van der Waals surface area contributed by atoms with E-state index < -0.39 is 0 Å². The monoisotopic (exact) mass is 287 g/mol. The summed E-state index contributed by atoms with van der Waals surface area (Å²) < 4.78 is 0. The first-order chi connectivity index (χ1) is 9.69. The van der Waals surface area contributed by atoms with Gasteiger partial charge in [0.2, 0.25) is 0 Å². The molecule has 0 fully saturated rings. The fraction of sp³-hybridized carbons (Fsp3) is 0.375. The van der Waals surface area contributed by atoms with Gasteiger partial charge >= 0.3 is 0 Å². The second-order valence-electron chi connectivity index (χ2n) is 4.82. The maximum absolute atomic E-state index is 4.50. The van der Waals surface area contributed by atoms with E-state index in [1.807, 2.05) is 19.9 Å². The highest BCUT2D eigenvalue weighted by molar-refractivity contribution is 7.99. The normalized spacial score (nSPS) is 10.8. The van der Waals surface area contributed by atoms with E-state index in [0.29, 0.717) is 0 Å². The molecule has 0 bridgehead atoms. The van der Waals surface area contributed by atoms with E-state index in [9.17, 15) is 0 Å². The van der Waals surface area contributed by atoms with Crippen LogP contribution in [-0.2, 0) is 6.54 Å². The van der Waals surface area contributed by atoms with E-state index >= 15 is 0 Å². The van der Waals surface area contributed by atoms with Gasteiger partial charge in [-0.15, -0.1) is 0 Å². The maximum atomic E-state index is 4.50. The SMILES string of the molecule is CCCNCc1ccccc1Sc1nc(C)cc(C)n1. The van der Waals surface area contributed by atoms with Crippen LogP contribution in [0.5, 0.6) is 0 Å². The largest absolute Gasteiger partial charge is 0.313 e. The van der Waals surface area contributed by atoms with Crippen LogP contribution in [0.2, 0.25) is 0 Å². The van der Waals surface area contributed by atoms with Crippen LogP contribution >= 0.6 is 11.8 Å². The Balaban J connectivity index is 2.15. The number of benzene rings is 1. The fourth-order valence-corrected chi connectivity index (χ4v) is 2.98. The van der Waals surface area contributed by atoms with Gasteiger partial charge in [0.25, 0.3) is 0 Å². The smallest absolute Gasteiger partial charge is 0.192 e. The summed E-state index contributed by atoms with van der Waals surface area (Å²) in [5.74, 6) is 0. The van der Waals surface area contributed by atoms with Crippen LogP contribution in [0.3, 0.4) is 0 Å². The molecule has 0 aliphatic heterocycles. The highest BCUT2D eigenvalue weighted by Crippen LogP contribution is 2.28. The molecule has 1 aromatic carbocycles. The molecule has 1 N–H and O–H groups in total. The molecule has 3 nitrogen and oxygen atoms in total. The van der Waals surface area contributed by atoms with Crippen molar-refractivity contribution in [3.05, 3.63) is 47.3 Å². The lowest BCUT2D eigenvalue weighted by atomic mass is 10.2. The Labute approximate surface area is 125 Å². The van der Waals surface area contributed by atoms with Crippen molar-refractivity contribution < 1.29 is 0 Å². The minimum absolute atomic E-state index is 0.824. The van der Waals surface area contributed by atoms with Gasteiger partial charge < -0.3 is 5.32 Å². The molecule has 0 aliphatic carbocycles. The van der Waals surface area contributed by atoms with Crippen LogP contribution in [0.4, 0.5) is 0 Å². The predicted octanol–water partition coefficient (Wildman–Crippen LogP) is 3.74. The third kappa shape index (κ3) is 4.32. The van der Waals surface area contributed by atoms with Crippen LogP contribution in [0.1, 0.15) is 30.3 Å². The van der Waals surface area contributed by atoms with Gasteiger partial charge in [-0.1, -0.05) is 25.1 Å². The molecule has 0 atom stereocenters. The Morgan fingerprint density at radius 2 is 1.80 bits per heavy atom. The number of aryl methyl sites for hydroxylation is 2. The highest BCUT2D eigenvalue weighted by atomic mass is 32.2. The van der Waals surface area contributed by atoms with Crippen molar-refractivity contribution in [2.75, 3.05) is 6.54 Å². The Morgan fingerprint density at radius 3 is 2.50 bits per heavy atom. The lowest BCUT2D eigenvalue weighted by molar-refractivity contribution is 0.669. The van der Waals surface area contributed by atoms with Crippen LogP contribution < -0.4 is 5.32 Å². The minimum atomic E-state index is 0.824. The van der Waals surface area contributed by atoms with E-state index in [1.54, 1.807) is 11.8 Å². The fourth-order valence-electron chi connectivity index (χ4n) is 1.99. The zero-order chi connectivity index (χ0) is 14.4. The average Bonchev–Trinajstić information content (AvgIpc) is 2.40. The lowest BCUT2D eigenvalue weighted by Crippen LogP contribution is -2.14. The lowest BCUT2D eigenvalue weighted by Gasteiger charge is -2.09. The van der Waals surface area contributed by atoms with E-state index in [2.05, 4.69) is 46.5 Å². The molecule has 2 aromatic rings. The molecule has 0 aliphatic rings. The predicted molar refractivity (Wildman–Crippen MR) is 84.1 cm³/mol. The Morgan fingerprint density at radius 1 is 1.10 bits per heavy atom. The zero-order valence-corrected chi connectivity index (χ0v) is 13.1. The molecular weight excluding hydrogens is 266 g/mol. The van der Waals surface area contributed by atoms with Crippen LogP contribution in [0, 0.1) is 13.8 Å².